The number of benzene rings is 14. The SMILES string of the molecule is CC(=O)C=C(C)O.CC(=O)C=C(C)O.CC(=O)C=C(C)O.Cc1nc2cc3ccccc3cc2nc1-c1[c-]c2ccc3cccc4ccc(c1)c2c34.Cc1nc2cc3ccccc3cc2nc1C1=Nc2cccc3cccc(c23)[N-]1.[C-]1=Nc2cccc3cccc(c23)N1c1cnc2cc3ccccc3cc2n1.[Ir].[Ir].[Ir]. The van der Waals surface area contributed by atoms with Crippen molar-refractivity contribution in [2.45, 2.75) is 55.4 Å². The topological polar surface area (TPSA) is 231 Å². The van der Waals surface area contributed by atoms with Crippen molar-refractivity contribution in [3.05, 3.63) is 301 Å². The zero-order valence-corrected chi connectivity index (χ0v) is 68.0. The summed E-state index contributed by atoms with van der Waals surface area (Å²) in [5.41, 5.74) is 13.5. The first kappa shape index (κ1) is 79.0. The fourth-order valence-electron chi connectivity index (χ4n) is 13.4. The van der Waals surface area contributed by atoms with Crippen molar-refractivity contribution >= 4 is 177 Å². The van der Waals surface area contributed by atoms with Crippen molar-refractivity contribution in [3.63, 3.8) is 0 Å². The van der Waals surface area contributed by atoms with E-state index in [2.05, 4.69) is 186 Å². The van der Waals surface area contributed by atoms with Crippen LogP contribution in [-0.4, -0.2) is 74.7 Å². The van der Waals surface area contributed by atoms with Crippen LogP contribution < -0.4 is 4.90 Å². The zero-order valence-electron chi connectivity index (χ0n) is 60.8. The predicted molar refractivity (Wildman–Crippen MR) is 436 cm³/mol. The molecule has 3 radical (unpaired) electrons. The number of aryl methyl sites for hydroxylation is 2. The third-order valence-electron chi connectivity index (χ3n) is 17.8. The Morgan fingerprint density at radius 2 is 0.791 bits per heavy atom. The summed E-state index contributed by atoms with van der Waals surface area (Å²) in [4.78, 5) is 70.4. The maximum Gasteiger partial charge on any atom is 0.155 e. The summed E-state index contributed by atoms with van der Waals surface area (Å²) in [5.74, 6) is 1.14. The Kier molecular flexibility index (Phi) is 24.8. The third-order valence-corrected chi connectivity index (χ3v) is 17.8. The quantitative estimate of drug-likeness (QED) is 0.0463. The van der Waals surface area contributed by atoms with E-state index < -0.39 is 0 Å². The van der Waals surface area contributed by atoms with Gasteiger partial charge in [-0.25, -0.2) is 9.97 Å². The molecular formula is C91H69Ir3N10O6-3. The number of ketones is 3. The summed E-state index contributed by atoms with van der Waals surface area (Å²) in [6.07, 6.45) is 8.39. The van der Waals surface area contributed by atoms with Gasteiger partial charge in [0.05, 0.1) is 67.6 Å². The number of hydrogen-bond donors (Lipinski definition) is 3. The van der Waals surface area contributed by atoms with Crippen molar-refractivity contribution in [3.8, 4) is 11.3 Å². The van der Waals surface area contributed by atoms with E-state index in [1.807, 2.05) is 85.5 Å². The minimum Gasteiger partial charge on any atom is -0.512 e. The molecule has 0 saturated carbocycles. The van der Waals surface area contributed by atoms with E-state index in [0.717, 1.165) is 133 Å². The second-order valence-corrected chi connectivity index (χ2v) is 26.1. The first-order valence-corrected chi connectivity index (χ1v) is 34.6. The van der Waals surface area contributed by atoms with E-state index in [4.69, 9.17) is 50.5 Å². The molecule has 3 aromatic heterocycles. The van der Waals surface area contributed by atoms with Crippen LogP contribution >= 0.6 is 0 Å². The molecule has 0 spiro atoms. The zero-order chi connectivity index (χ0) is 74.6. The number of nitrogens with zero attached hydrogens (tertiary/aromatic N) is 10. The predicted octanol–water partition coefficient (Wildman–Crippen LogP) is 22.5. The molecule has 0 unspecified atom stereocenters. The first-order chi connectivity index (χ1) is 51.7. The van der Waals surface area contributed by atoms with Gasteiger partial charge in [0.2, 0.25) is 0 Å². The molecule has 0 fully saturated rings. The maximum absolute atomic E-state index is 10.0. The number of carbonyl (C=O) groups excluding carboxylic acids is 3. The maximum atomic E-state index is 10.0. The molecule has 16 nitrogen and oxygen atoms in total. The van der Waals surface area contributed by atoms with Gasteiger partial charge in [0.25, 0.3) is 0 Å². The molecule has 5 heterocycles. The van der Waals surface area contributed by atoms with Gasteiger partial charge >= 0.3 is 0 Å². The van der Waals surface area contributed by atoms with E-state index in [1.165, 1.54) is 97.5 Å². The Bertz CT molecular complexity index is 6470. The number of rotatable bonds is 6. The Morgan fingerprint density at radius 1 is 0.391 bits per heavy atom. The fraction of sp³-hybridized carbons (Fsp3) is 0.0879. The molecule has 19 heteroatoms. The molecule has 0 aliphatic carbocycles. The second kappa shape index (κ2) is 34.5. The van der Waals surface area contributed by atoms with Gasteiger partial charge in [-0.2, -0.15) is 0 Å². The smallest absolute Gasteiger partial charge is 0.155 e. The molecular weight excluding hydrogens is 1910 g/mol. The van der Waals surface area contributed by atoms with Gasteiger partial charge in [-0.1, -0.05) is 204 Å². The van der Waals surface area contributed by atoms with Crippen molar-refractivity contribution in [1.82, 2.24) is 29.9 Å². The minimum atomic E-state index is -0.125. The van der Waals surface area contributed by atoms with E-state index >= 15 is 0 Å². The van der Waals surface area contributed by atoms with Crippen LogP contribution in [0.1, 0.15) is 58.6 Å². The van der Waals surface area contributed by atoms with Crippen LogP contribution in [0.2, 0.25) is 0 Å². The Morgan fingerprint density at radius 3 is 1.29 bits per heavy atom. The molecule has 2 aliphatic rings. The first-order valence-electron chi connectivity index (χ1n) is 34.6. The number of aliphatic hydroxyl groups is 3. The molecule has 110 heavy (non-hydrogen) atoms. The minimum absolute atomic E-state index is 0. The largest absolute Gasteiger partial charge is 0.512 e. The summed E-state index contributed by atoms with van der Waals surface area (Å²) >= 11 is 0. The standard InChI is InChI=1S/C29H17N2.C24H15N4.C23H13N4.3C5H8O2.3Ir/c1-17-29(31-26-16-21-6-3-2-5-20(21)15-25(26)30-17)24-13-22-11-9-18-7-4-8-19-10-12-23(14-24)28(22)27(18)19;1-14-23(26-21-13-17-7-3-2-6-16(17)12-20(21)25-14)24-27-18-10-4-8-15-9-5-11-19(28-24)22(15)18;1-2-6-17-12-20-19(11-16(17)5-1)24-13-22(26-20)27-14-25-18-9-3-7-15-8-4-10-21(27)23(15)18;3*1-4(6)3-5(2)7;;;/h2-13,15-16H,1H3;2-13H,1H3;1-13H;3*3,6H,1-2H3;;;/q3*-1;;;;;;. The summed E-state index contributed by atoms with van der Waals surface area (Å²) in [5, 5.41) is 48.9. The summed E-state index contributed by atoms with van der Waals surface area (Å²) in [7, 11) is 0. The second-order valence-electron chi connectivity index (χ2n) is 26.1. The van der Waals surface area contributed by atoms with Crippen molar-refractivity contribution in [2.24, 2.45) is 9.98 Å². The monoisotopic (exact) mass is 1980 g/mol. The van der Waals surface area contributed by atoms with Gasteiger partial charge in [0.1, 0.15) is 0 Å². The van der Waals surface area contributed by atoms with Crippen molar-refractivity contribution in [2.75, 3.05) is 4.90 Å². The van der Waals surface area contributed by atoms with Crippen LogP contribution in [0.25, 0.3) is 136 Å². The van der Waals surface area contributed by atoms with Crippen LogP contribution in [0, 0.1) is 19.9 Å². The van der Waals surface area contributed by atoms with Crippen LogP contribution in [0.5, 0.6) is 0 Å². The number of aliphatic imine (C=N–C) groups is 2. The van der Waals surface area contributed by atoms with E-state index in [-0.39, 0.29) is 94.9 Å². The van der Waals surface area contributed by atoms with E-state index in [1.54, 1.807) is 6.20 Å². The molecule has 3 N–H and O–H groups in total. The fourth-order valence-corrected chi connectivity index (χ4v) is 13.4. The number of aliphatic hydroxyl groups excluding tert-OH is 3. The average Bonchev–Trinajstić information content (AvgIpc) is 0.741. The molecule has 19 rings (SSSR count). The molecule has 14 aromatic carbocycles. The van der Waals surface area contributed by atoms with Crippen LogP contribution in [-0.2, 0) is 74.7 Å². The van der Waals surface area contributed by atoms with Crippen LogP contribution in [0.4, 0.5) is 28.6 Å². The molecule has 0 saturated heterocycles. The molecule has 17 aromatic rings. The Balaban J connectivity index is 0.000000143. The summed E-state index contributed by atoms with van der Waals surface area (Å²) < 4.78 is 0. The van der Waals surface area contributed by atoms with Crippen molar-refractivity contribution in [1.29, 1.82) is 0 Å². The number of carbonyl (C=O) groups is 3. The van der Waals surface area contributed by atoms with Gasteiger partial charge in [-0.15, -0.1) is 23.6 Å². The van der Waals surface area contributed by atoms with Crippen LogP contribution in [0.15, 0.2) is 282 Å². The molecule has 0 amide bonds. The van der Waals surface area contributed by atoms with Gasteiger partial charge in [-0.05, 0) is 185 Å². The molecule has 0 bridgehead atoms. The van der Waals surface area contributed by atoms with Gasteiger partial charge < -0.3 is 35.5 Å². The third kappa shape index (κ3) is 17.4. The number of aromatic nitrogens is 6. The number of fused-ring (bicyclic) bond motifs is 6. The van der Waals surface area contributed by atoms with E-state index in [0.29, 0.717) is 11.7 Å². The van der Waals surface area contributed by atoms with Gasteiger partial charge in [0, 0.05) is 102 Å². The molecule has 0 atom stereocenters. The van der Waals surface area contributed by atoms with Gasteiger partial charge in [0.15, 0.2) is 17.3 Å². The van der Waals surface area contributed by atoms with Gasteiger partial charge in [-0.3, -0.25) is 34.3 Å². The Labute approximate surface area is 674 Å². The molecule has 2 aliphatic heterocycles. The Hall–Kier alpha value is -12.0. The number of allylic oxidation sites excluding steroid dienone is 6. The number of hydrogen-bond acceptors (Lipinski definition) is 15. The summed E-state index contributed by atoms with van der Waals surface area (Å²) in [6, 6.07) is 83.2. The normalized spacial score (nSPS) is 12.1. The van der Waals surface area contributed by atoms with Crippen molar-refractivity contribution < 1.29 is 90.0 Å². The summed E-state index contributed by atoms with van der Waals surface area (Å²) in [6.45, 7) is 12.5. The molecule has 549 valence electrons. The van der Waals surface area contributed by atoms with E-state index in [9.17, 15) is 14.4 Å². The average molecular weight is 1980 g/mol. The number of amidine groups is 1. The van der Waals surface area contributed by atoms with Crippen LogP contribution in [0.3, 0.4) is 0 Å². The number of anilines is 2.